The summed E-state index contributed by atoms with van der Waals surface area (Å²) in [5, 5.41) is 2.19. The van der Waals surface area contributed by atoms with Crippen LogP contribution in [0.4, 0.5) is 11.4 Å². The average molecular weight is 415 g/mol. The highest BCUT2D eigenvalue weighted by Gasteiger charge is 2.05. The number of rotatable bonds is 4. The van der Waals surface area contributed by atoms with E-state index in [-0.39, 0.29) is 0 Å². The first-order chi connectivity index (χ1) is 15.7. The van der Waals surface area contributed by atoms with E-state index in [9.17, 15) is 0 Å². The Morgan fingerprint density at radius 3 is 1.50 bits per heavy atom. The quantitative estimate of drug-likeness (QED) is 0.300. The molecule has 4 heteroatoms. The highest BCUT2D eigenvalue weighted by Crippen LogP contribution is 2.29. The standard InChI is InChI=1S/C28H22N4/c1-19-15-28(32-18-22-12-14-30-26-10-6-4-8-24(22)26)20(2)16-27(19)31-17-21-11-13-29-25-9-5-3-7-23(21)25/h3-18H,1-2H3. The van der Waals surface area contributed by atoms with Gasteiger partial charge in [0.15, 0.2) is 0 Å². The van der Waals surface area contributed by atoms with Gasteiger partial charge >= 0.3 is 0 Å². The molecule has 5 aromatic rings. The van der Waals surface area contributed by atoms with Crippen molar-refractivity contribution in [3.63, 3.8) is 0 Å². The lowest BCUT2D eigenvalue weighted by atomic mass is 10.1. The van der Waals surface area contributed by atoms with E-state index in [0.29, 0.717) is 0 Å². The van der Waals surface area contributed by atoms with Gasteiger partial charge in [-0.3, -0.25) is 20.0 Å². The first-order valence-corrected chi connectivity index (χ1v) is 10.6. The lowest BCUT2D eigenvalue weighted by molar-refractivity contribution is 1.32. The van der Waals surface area contributed by atoms with E-state index in [2.05, 4.69) is 48.1 Å². The Labute approximate surface area is 187 Å². The van der Waals surface area contributed by atoms with E-state index in [1.807, 2.05) is 73.4 Å². The van der Waals surface area contributed by atoms with Crippen molar-refractivity contribution in [1.29, 1.82) is 0 Å². The normalized spacial score (nSPS) is 11.8. The smallest absolute Gasteiger partial charge is 0.0708 e. The Balaban J connectivity index is 1.45. The van der Waals surface area contributed by atoms with Gasteiger partial charge in [-0.05, 0) is 61.4 Å². The van der Waals surface area contributed by atoms with Gasteiger partial charge in [-0.1, -0.05) is 36.4 Å². The van der Waals surface area contributed by atoms with E-state index >= 15 is 0 Å². The number of hydrogen-bond acceptors (Lipinski definition) is 4. The summed E-state index contributed by atoms with van der Waals surface area (Å²) in [6.45, 7) is 4.13. The Morgan fingerprint density at radius 2 is 1.03 bits per heavy atom. The minimum absolute atomic E-state index is 0.941. The molecule has 32 heavy (non-hydrogen) atoms. The molecule has 0 amide bonds. The third-order valence-electron chi connectivity index (χ3n) is 5.57. The van der Waals surface area contributed by atoms with Crippen LogP contribution in [0.2, 0.25) is 0 Å². The van der Waals surface area contributed by atoms with E-state index in [1.165, 1.54) is 0 Å². The van der Waals surface area contributed by atoms with Gasteiger partial charge in [0.25, 0.3) is 0 Å². The minimum Gasteiger partial charge on any atom is -0.256 e. The second-order valence-electron chi connectivity index (χ2n) is 7.78. The molecule has 2 heterocycles. The summed E-state index contributed by atoms with van der Waals surface area (Å²) >= 11 is 0. The molecule has 0 aliphatic heterocycles. The van der Waals surface area contributed by atoms with Crippen LogP contribution in [0.3, 0.4) is 0 Å². The van der Waals surface area contributed by atoms with Crippen molar-refractivity contribution in [2.75, 3.05) is 0 Å². The molecule has 0 radical (unpaired) electrons. The van der Waals surface area contributed by atoms with Crippen LogP contribution in [0.25, 0.3) is 21.8 Å². The summed E-state index contributed by atoms with van der Waals surface area (Å²) < 4.78 is 0. The Kier molecular flexibility index (Phi) is 5.26. The third-order valence-corrected chi connectivity index (χ3v) is 5.57. The first kappa shape index (κ1) is 19.8. The fourth-order valence-electron chi connectivity index (χ4n) is 3.80. The Bertz CT molecular complexity index is 1370. The number of aromatic nitrogens is 2. The molecule has 5 rings (SSSR count). The fourth-order valence-corrected chi connectivity index (χ4v) is 3.80. The van der Waals surface area contributed by atoms with Gasteiger partial charge in [0, 0.05) is 46.7 Å². The minimum atomic E-state index is 0.941. The third kappa shape index (κ3) is 3.91. The molecule has 154 valence electrons. The molecule has 0 bridgehead atoms. The van der Waals surface area contributed by atoms with Crippen molar-refractivity contribution in [1.82, 2.24) is 9.97 Å². The number of benzene rings is 3. The molecule has 0 aliphatic rings. The predicted octanol–water partition coefficient (Wildman–Crippen LogP) is 6.90. The number of nitrogens with zero attached hydrogens (tertiary/aromatic N) is 4. The largest absolute Gasteiger partial charge is 0.256 e. The lowest BCUT2D eigenvalue weighted by Crippen LogP contribution is -1.88. The van der Waals surface area contributed by atoms with Gasteiger partial charge in [0.05, 0.1) is 22.4 Å². The zero-order valence-electron chi connectivity index (χ0n) is 18.0. The summed E-state index contributed by atoms with van der Waals surface area (Å²) in [6, 6.07) is 24.4. The van der Waals surface area contributed by atoms with Crippen LogP contribution in [0.1, 0.15) is 22.3 Å². The van der Waals surface area contributed by atoms with Crippen LogP contribution in [-0.2, 0) is 0 Å². The molecular formula is C28H22N4. The predicted molar refractivity (Wildman–Crippen MR) is 134 cm³/mol. The maximum absolute atomic E-state index is 4.77. The zero-order chi connectivity index (χ0) is 21.9. The zero-order valence-corrected chi connectivity index (χ0v) is 18.0. The van der Waals surface area contributed by atoms with Crippen molar-refractivity contribution in [3.8, 4) is 0 Å². The number of para-hydroxylation sites is 2. The van der Waals surface area contributed by atoms with Gasteiger partial charge in [-0.25, -0.2) is 0 Å². The maximum Gasteiger partial charge on any atom is 0.0708 e. The van der Waals surface area contributed by atoms with Gasteiger partial charge in [0.1, 0.15) is 0 Å². The van der Waals surface area contributed by atoms with E-state index in [4.69, 9.17) is 9.98 Å². The maximum atomic E-state index is 4.77. The number of aryl methyl sites for hydroxylation is 2. The monoisotopic (exact) mass is 414 g/mol. The summed E-state index contributed by atoms with van der Waals surface area (Å²) in [6.07, 6.45) is 7.47. The second kappa shape index (κ2) is 8.52. The summed E-state index contributed by atoms with van der Waals surface area (Å²) in [4.78, 5) is 18.4. The molecule has 0 saturated carbocycles. The highest BCUT2D eigenvalue weighted by molar-refractivity contribution is 6.00. The van der Waals surface area contributed by atoms with Crippen molar-refractivity contribution in [2.45, 2.75) is 13.8 Å². The van der Waals surface area contributed by atoms with Gasteiger partial charge in [-0.15, -0.1) is 0 Å². The number of hydrogen-bond donors (Lipinski definition) is 0. The molecule has 0 fully saturated rings. The van der Waals surface area contributed by atoms with Crippen LogP contribution in [0, 0.1) is 13.8 Å². The molecule has 4 nitrogen and oxygen atoms in total. The van der Waals surface area contributed by atoms with E-state index in [1.54, 1.807) is 0 Å². The summed E-state index contributed by atoms with van der Waals surface area (Å²) in [5.74, 6) is 0. The first-order valence-electron chi connectivity index (χ1n) is 10.6. The topological polar surface area (TPSA) is 50.5 Å². The molecule has 3 aromatic carbocycles. The van der Waals surface area contributed by atoms with Crippen molar-refractivity contribution >= 4 is 45.6 Å². The van der Waals surface area contributed by atoms with Gasteiger partial charge < -0.3 is 0 Å². The van der Waals surface area contributed by atoms with Gasteiger partial charge in [-0.2, -0.15) is 0 Å². The van der Waals surface area contributed by atoms with Crippen LogP contribution < -0.4 is 0 Å². The van der Waals surface area contributed by atoms with Crippen LogP contribution in [-0.4, -0.2) is 22.4 Å². The van der Waals surface area contributed by atoms with Crippen LogP contribution in [0.5, 0.6) is 0 Å². The summed E-state index contributed by atoms with van der Waals surface area (Å²) in [7, 11) is 0. The molecule has 2 aromatic heterocycles. The number of fused-ring (bicyclic) bond motifs is 2. The van der Waals surface area contributed by atoms with E-state index in [0.717, 1.165) is 55.4 Å². The molecular weight excluding hydrogens is 392 g/mol. The van der Waals surface area contributed by atoms with Crippen molar-refractivity contribution in [2.24, 2.45) is 9.98 Å². The van der Waals surface area contributed by atoms with Crippen molar-refractivity contribution in [3.05, 3.63) is 107 Å². The lowest BCUT2D eigenvalue weighted by Gasteiger charge is -2.07. The Morgan fingerprint density at radius 1 is 0.594 bits per heavy atom. The van der Waals surface area contributed by atoms with Gasteiger partial charge in [0.2, 0.25) is 0 Å². The molecule has 0 unspecified atom stereocenters. The Hall–Kier alpha value is -4.18. The van der Waals surface area contributed by atoms with Crippen LogP contribution >= 0.6 is 0 Å². The average Bonchev–Trinajstić information content (AvgIpc) is 2.83. The SMILES string of the molecule is Cc1cc(N=Cc2ccnc3ccccc23)c(C)cc1N=Cc1ccnc2ccccc12. The van der Waals surface area contributed by atoms with E-state index < -0.39 is 0 Å². The van der Waals surface area contributed by atoms with Crippen LogP contribution in [0.15, 0.2) is 95.2 Å². The molecule has 0 saturated heterocycles. The number of aliphatic imine (C=N–C) groups is 2. The molecule has 0 N–H and O–H groups in total. The molecule has 0 aliphatic carbocycles. The summed E-state index contributed by atoms with van der Waals surface area (Å²) in [5.41, 5.74) is 8.09. The van der Waals surface area contributed by atoms with Crippen molar-refractivity contribution < 1.29 is 0 Å². The highest BCUT2D eigenvalue weighted by atomic mass is 14.8. The molecule has 0 atom stereocenters. The fraction of sp³-hybridized carbons (Fsp3) is 0.0714. The number of pyridine rings is 2. The molecule has 0 spiro atoms. The second-order valence-corrected chi connectivity index (χ2v) is 7.78.